The first-order chi connectivity index (χ1) is 6.50. The number of anilines is 1. The van der Waals surface area contributed by atoms with Crippen LogP contribution in [-0.4, -0.2) is 17.7 Å². The first-order valence-electron chi connectivity index (χ1n) is 4.21. The molecule has 1 rings (SSSR count). The molecule has 0 aromatic carbocycles. The van der Waals surface area contributed by atoms with Gasteiger partial charge in [-0.3, -0.25) is 4.98 Å². The number of nitrogens with one attached hydrogen (secondary N) is 1. The molecular weight excluding hydrogens is 193 g/mol. The summed E-state index contributed by atoms with van der Waals surface area (Å²) in [6, 6.07) is 3.26. The summed E-state index contributed by atoms with van der Waals surface area (Å²) in [6.45, 7) is 1.03. The second kappa shape index (κ2) is 4.30. The summed E-state index contributed by atoms with van der Waals surface area (Å²) in [4.78, 5) is 3.76. The molecule has 0 bridgehead atoms. The van der Waals surface area contributed by atoms with E-state index in [9.17, 15) is 13.2 Å². The molecule has 1 aromatic heterocycles. The molecule has 78 valence electrons. The lowest BCUT2D eigenvalue weighted by Crippen LogP contribution is -2.26. The molecule has 0 radical (unpaired) electrons. The number of pyridine rings is 1. The largest absolute Gasteiger partial charge is 0.393 e. The first-order valence-corrected chi connectivity index (χ1v) is 4.21. The van der Waals surface area contributed by atoms with Crippen LogP contribution in [0, 0.1) is 5.92 Å². The van der Waals surface area contributed by atoms with Crippen LogP contribution in [-0.2, 0) is 0 Å². The van der Waals surface area contributed by atoms with Crippen LogP contribution in [0.15, 0.2) is 24.5 Å². The normalized spacial score (nSPS) is 13.7. The Labute approximate surface area is 80.2 Å². The lowest BCUT2D eigenvalue weighted by Gasteiger charge is -2.16. The van der Waals surface area contributed by atoms with E-state index in [-0.39, 0.29) is 6.54 Å². The summed E-state index contributed by atoms with van der Waals surface area (Å²) in [5, 5.41) is 2.69. The standard InChI is InChI=1S/C9H11F3N2/c1-7(9(10,11)12)6-14-8-2-4-13-5-3-8/h2-5,7H,6H2,1H3,(H,13,14). The number of halogens is 3. The van der Waals surface area contributed by atoms with Gasteiger partial charge >= 0.3 is 6.18 Å². The highest BCUT2D eigenvalue weighted by Gasteiger charge is 2.35. The number of alkyl halides is 3. The Morgan fingerprint density at radius 2 is 1.93 bits per heavy atom. The van der Waals surface area contributed by atoms with E-state index in [1.165, 1.54) is 12.4 Å². The molecule has 1 aromatic rings. The van der Waals surface area contributed by atoms with Gasteiger partial charge in [-0.2, -0.15) is 13.2 Å². The van der Waals surface area contributed by atoms with E-state index in [2.05, 4.69) is 10.3 Å². The molecule has 0 spiro atoms. The summed E-state index contributed by atoms with van der Waals surface area (Å²) in [5.74, 6) is -1.35. The van der Waals surface area contributed by atoms with Crippen molar-refractivity contribution in [2.75, 3.05) is 11.9 Å². The van der Waals surface area contributed by atoms with E-state index < -0.39 is 12.1 Å². The molecule has 0 aliphatic heterocycles. The van der Waals surface area contributed by atoms with Crippen LogP contribution in [0.25, 0.3) is 0 Å². The lowest BCUT2D eigenvalue weighted by molar-refractivity contribution is -0.165. The maximum Gasteiger partial charge on any atom is 0.393 e. The lowest BCUT2D eigenvalue weighted by atomic mass is 10.2. The second-order valence-electron chi connectivity index (χ2n) is 3.06. The summed E-state index contributed by atoms with van der Waals surface area (Å²) < 4.78 is 36.3. The maximum absolute atomic E-state index is 12.1. The van der Waals surface area contributed by atoms with Crippen molar-refractivity contribution < 1.29 is 13.2 Å². The zero-order chi connectivity index (χ0) is 10.6. The van der Waals surface area contributed by atoms with Gasteiger partial charge in [0.2, 0.25) is 0 Å². The Balaban J connectivity index is 2.42. The van der Waals surface area contributed by atoms with Crippen molar-refractivity contribution in [1.29, 1.82) is 0 Å². The molecule has 1 atom stereocenters. The molecule has 0 fully saturated rings. The minimum absolute atomic E-state index is 0.118. The van der Waals surface area contributed by atoms with Crippen molar-refractivity contribution in [3.63, 3.8) is 0 Å². The zero-order valence-corrected chi connectivity index (χ0v) is 7.67. The molecule has 0 saturated heterocycles. The van der Waals surface area contributed by atoms with Crippen LogP contribution in [0.2, 0.25) is 0 Å². The minimum Gasteiger partial charge on any atom is -0.384 e. The number of hydrogen-bond donors (Lipinski definition) is 1. The van der Waals surface area contributed by atoms with E-state index in [1.54, 1.807) is 12.1 Å². The van der Waals surface area contributed by atoms with Gasteiger partial charge in [0.25, 0.3) is 0 Å². The third-order valence-electron chi connectivity index (χ3n) is 1.85. The Bertz CT molecular complexity index is 271. The van der Waals surface area contributed by atoms with Gasteiger partial charge in [-0.05, 0) is 12.1 Å². The fourth-order valence-corrected chi connectivity index (χ4v) is 0.856. The molecule has 0 amide bonds. The number of rotatable bonds is 3. The molecule has 1 heterocycles. The van der Waals surface area contributed by atoms with E-state index in [4.69, 9.17) is 0 Å². The Morgan fingerprint density at radius 1 is 1.36 bits per heavy atom. The van der Waals surface area contributed by atoms with Gasteiger partial charge in [-0.25, -0.2) is 0 Å². The van der Waals surface area contributed by atoms with Gasteiger partial charge in [-0.15, -0.1) is 0 Å². The third-order valence-corrected chi connectivity index (χ3v) is 1.85. The average Bonchev–Trinajstić information content (AvgIpc) is 2.14. The maximum atomic E-state index is 12.1. The quantitative estimate of drug-likeness (QED) is 0.818. The van der Waals surface area contributed by atoms with Gasteiger partial charge < -0.3 is 5.32 Å². The molecule has 0 saturated carbocycles. The van der Waals surface area contributed by atoms with Crippen molar-refractivity contribution >= 4 is 5.69 Å². The van der Waals surface area contributed by atoms with Crippen molar-refractivity contribution in [1.82, 2.24) is 4.98 Å². The van der Waals surface area contributed by atoms with E-state index in [0.29, 0.717) is 5.69 Å². The van der Waals surface area contributed by atoms with E-state index in [1.807, 2.05) is 0 Å². The second-order valence-corrected chi connectivity index (χ2v) is 3.06. The summed E-state index contributed by atoms with van der Waals surface area (Å²) >= 11 is 0. The molecule has 0 aliphatic carbocycles. The zero-order valence-electron chi connectivity index (χ0n) is 7.67. The van der Waals surface area contributed by atoms with Crippen LogP contribution in [0.5, 0.6) is 0 Å². The molecule has 1 N–H and O–H groups in total. The number of aromatic nitrogens is 1. The van der Waals surface area contributed by atoms with Gasteiger partial charge in [0.1, 0.15) is 0 Å². The van der Waals surface area contributed by atoms with Gasteiger partial charge in [-0.1, -0.05) is 6.92 Å². The molecule has 5 heteroatoms. The fourth-order valence-electron chi connectivity index (χ4n) is 0.856. The van der Waals surface area contributed by atoms with Crippen molar-refractivity contribution in [3.05, 3.63) is 24.5 Å². The van der Waals surface area contributed by atoms with Crippen LogP contribution >= 0.6 is 0 Å². The highest BCUT2D eigenvalue weighted by atomic mass is 19.4. The van der Waals surface area contributed by atoms with E-state index in [0.717, 1.165) is 6.92 Å². The smallest absolute Gasteiger partial charge is 0.384 e. The Morgan fingerprint density at radius 3 is 2.43 bits per heavy atom. The van der Waals surface area contributed by atoms with Gasteiger partial charge in [0, 0.05) is 24.6 Å². The molecule has 14 heavy (non-hydrogen) atoms. The van der Waals surface area contributed by atoms with Crippen molar-refractivity contribution in [3.8, 4) is 0 Å². The molecule has 2 nitrogen and oxygen atoms in total. The average molecular weight is 204 g/mol. The number of hydrogen-bond acceptors (Lipinski definition) is 2. The van der Waals surface area contributed by atoms with Crippen molar-refractivity contribution in [2.24, 2.45) is 5.92 Å². The Hall–Kier alpha value is -1.26. The van der Waals surface area contributed by atoms with Crippen LogP contribution < -0.4 is 5.32 Å². The topological polar surface area (TPSA) is 24.9 Å². The summed E-state index contributed by atoms with van der Waals surface area (Å²) in [5.41, 5.74) is 0.649. The molecular formula is C9H11F3N2. The highest BCUT2D eigenvalue weighted by molar-refractivity contribution is 5.40. The monoisotopic (exact) mass is 204 g/mol. The summed E-state index contributed by atoms with van der Waals surface area (Å²) in [7, 11) is 0. The molecule has 0 aliphatic rings. The Kier molecular flexibility index (Phi) is 3.33. The molecule has 1 unspecified atom stereocenters. The SMILES string of the molecule is CC(CNc1ccncc1)C(F)(F)F. The number of nitrogens with zero attached hydrogens (tertiary/aromatic N) is 1. The first kappa shape index (κ1) is 10.8. The van der Waals surface area contributed by atoms with Gasteiger partial charge in [0.05, 0.1) is 5.92 Å². The van der Waals surface area contributed by atoms with Crippen molar-refractivity contribution in [2.45, 2.75) is 13.1 Å². The van der Waals surface area contributed by atoms with Crippen LogP contribution in [0.4, 0.5) is 18.9 Å². The third kappa shape index (κ3) is 3.24. The summed E-state index contributed by atoms with van der Waals surface area (Å²) in [6.07, 6.45) is -1.08. The highest BCUT2D eigenvalue weighted by Crippen LogP contribution is 2.25. The fraction of sp³-hybridized carbons (Fsp3) is 0.444. The van der Waals surface area contributed by atoms with Crippen LogP contribution in [0.3, 0.4) is 0 Å². The van der Waals surface area contributed by atoms with E-state index >= 15 is 0 Å². The van der Waals surface area contributed by atoms with Crippen LogP contribution in [0.1, 0.15) is 6.92 Å². The predicted molar refractivity (Wildman–Crippen MR) is 47.9 cm³/mol. The van der Waals surface area contributed by atoms with Gasteiger partial charge in [0.15, 0.2) is 0 Å². The predicted octanol–water partition coefficient (Wildman–Crippen LogP) is 2.69. The minimum atomic E-state index is -4.14.